The topological polar surface area (TPSA) is 64.1 Å². The maximum atomic E-state index is 11.3. The van der Waals surface area contributed by atoms with E-state index in [1.807, 2.05) is 54.7 Å². The normalized spacial score (nSPS) is 11.6. The van der Waals surface area contributed by atoms with Gasteiger partial charge in [0, 0.05) is 43.9 Å². The van der Waals surface area contributed by atoms with Crippen LogP contribution in [0.3, 0.4) is 0 Å². The molecule has 0 fully saturated rings. The maximum Gasteiger partial charge on any atom is 0.148 e. The molecule has 0 spiro atoms. The van der Waals surface area contributed by atoms with Gasteiger partial charge in [0.1, 0.15) is 17.2 Å². The number of aromatic nitrogens is 3. The van der Waals surface area contributed by atoms with Crippen LogP contribution < -0.4 is 0 Å². The van der Waals surface area contributed by atoms with Gasteiger partial charge in [-0.15, -0.1) is 11.6 Å². The second-order valence-corrected chi connectivity index (χ2v) is 16.2. The van der Waals surface area contributed by atoms with Gasteiger partial charge in [-0.1, -0.05) is 183 Å². The fraction of sp³-hybridized carbons (Fsp3) is 0.0526. The van der Waals surface area contributed by atoms with Crippen LogP contribution in [-0.2, 0) is 26.5 Å². The van der Waals surface area contributed by atoms with E-state index in [2.05, 4.69) is 164 Å². The van der Waals surface area contributed by atoms with Crippen molar-refractivity contribution in [2.24, 2.45) is 0 Å². The van der Waals surface area contributed by atoms with Gasteiger partial charge in [-0.3, -0.25) is 9.55 Å². The monoisotopic (exact) mass is 993 g/mol. The Morgan fingerprint density at radius 2 is 1.24 bits per heavy atom. The number of benzene rings is 8. The number of hydrogen-bond donors (Lipinski definition) is 1. The minimum atomic E-state index is -0.136. The predicted octanol–water partition coefficient (Wildman–Crippen LogP) is 14.5. The van der Waals surface area contributed by atoms with Crippen LogP contribution in [0.5, 0.6) is 5.75 Å². The first-order valence-electron chi connectivity index (χ1n) is 20.9. The van der Waals surface area contributed by atoms with Crippen LogP contribution in [0.25, 0.3) is 94.7 Å². The van der Waals surface area contributed by atoms with Crippen LogP contribution in [0.1, 0.15) is 25.0 Å². The summed E-state index contributed by atoms with van der Waals surface area (Å²) < 4.78 is 8.80. The van der Waals surface area contributed by atoms with E-state index in [1.54, 1.807) is 6.07 Å². The molecule has 306 valence electrons. The van der Waals surface area contributed by atoms with E-state index < -0.39 is 0 Å². The number of imidazole rings is 1. The first kappa shape index (κ1) is 39.8. The van der Waals surface area contributed by atoms with E-state index in [0.717, 1.165) is 83.3 Å². The Labute approximate surface area is 380 Å². The second-order valence-electron chi connectivity index (χ2n) is 16.2. The average Bonchev–Trinajstić information content (AvgIpc) is 3.91. The predicted molar refractivity (Wildman–Crippen MR) is 252 cm³/mol. The SMILES string of the molecule is CC(C)(c1ccccc1)c1ccc(-c2ccnc(-c3[c-]c(-c4cccc5c4nc(-c4ccccc4O)n5-c4ccccc4-c4ccccc4)c4c(c3)oc3ccccc34)c2)cc1.[Pt]. The third kappa shape index (κ3) is 6.95. The fourth-order valence-electron chi connectivity index (χ4n) is 8.91. The van der Waals surface area contributed by atoms with Crippen molar-refractivity contribution in [2.45, 2.75) is 19.3 Å². The van der Waals surface area contributed by atoms with Crippen LogP contribution in [0.15, 0.2) is 205 Å². The molecule has 0 aliphatic heterocycles. The Balaban J connectivity index is 0.00000471. The molecule has 0 atom stereocenters. The van der Waals surface area contributed by atoms with E-state index in [0.29, 0.717) is 11.4 Å². The average molecular weight is 994 g/mol. The minimum Gasteiger partial charge on any atom is -0.507 e. The van der Waals surface area contributed by atoms with Gasteiger partial charge in [0.05, 0.1) is 27.9 Å². The maximum absolute atomic E-state index is 11.3. The summed E-state index contributed by atoms with van der Waals surface area (Å²) in [5.74, 6) is 0.783. The van der Waals surface area contributed by atoms with Crippen molar-refractivity contribution < 1.29 is 30.6 Å². The van der Waals surface area contributed by atoms with Crippen LogP contribution in [0.4, 0.5) is 0 Å². The number of fused-ring (bicyclic) bond motifs is 4. The van der Waals surface area contributed by atoms with Gasteiger partial charge >= 0.3 is 0 Å². The van der Waals surface area contributed by atoms with Gasteiger partial charge in [0.2, 0.25) is 0 Å². The molecule has 0 saturated heterocycles. The molecule has 0 unspecified atom stereocenters. The Morgan fingerprint density at radius 3 is 2.03 bits per heavy atom. The number of phenols is 1. The molecule has 3 heterocycles. The van der Waals surface area contributed by atoms with Crippen molar-refractivity contribution in [3.8, 4) is 67.5 Å². The third-order valence-corrected chi connectivity index (χ3v) is 12.2. The summed E-state index contributed by atoms with van der Waals surface area (Å²) in [5.41, 5.74) is 14.8. The van der Waals surface area contributed by atoms with Crippen molar-refractivity contribution in [2.75, 3.05) is 0 Å². The fourth-order valence-corrected chi connectivity index (χ4v) is 8.91. The first-order valence-corrected chi connectivity index (χ1v) is 20.9. The van der Waals surface area contributed by atoms with E-state index >= 15 is 0 Å². The van der Waals surface area contributed by atoms with Gasteiger partial charge in [-0.05, 0) is 75.0 Å². The summed E-state index contributed by atoms with van der Waals surface area (Å²) in [5, 5.41) is 13.3. The Bertz CT molecular complexity index is 3440. The van der Waals surface area contributed by atoms with E-state index in [9.17, 15) is 5.11 Å². The van der Waals surface area contributed by atoms with Crippen LogP contribution in [0, 0.1) is 6.07 Å². The summed E-state index contributed by atoms with van der Waals surface area (Å²) >= 11 is 0. The zero-order valence-electron chi connectivity index (χ0n) is 34.6. The van der Waals surface area contributed by atoms with Gasteiger partial charge in [-0.2, -0.15) is 0 Å². The van der Waals surface area contributed by atoms with E-state index in [4.69, 9.17) is 14.4 Å². The molecule has 6 heteroatoms. The van der Waals surface area contributed by atoms with Crippen LogP contribution >= 0.6 is 0 Å². The zero-order valence-corrected chi connectivity index (χ0v) is 36.8. The van der Waals surface area contributed by atoms with Crippen molar-refractivity contribution in [3.05, 3.63) is 218 Å². The van der Waals surface area contributed by atoms with Gasteiger partial charge in [0.15, 0.2) is 0 Å². The number of furan rings is 1. The molecule has 11 rings (SSSR count). The van der Waals surface area contributed by atoms with Crippen molar-refractivity contribution in [1.29, 1.82) is 0 Å². The van der Waals surface area contributed by atoms with Crippen molar-refractivity contribution in [1.82, 2.24) is 14.5 Å². The second kappa shape index (κ2) is 16.2. The molecular weight excluding hydrogens is 954 g/mol. The van der Waals surface area contributed by atoms with Crippen LogP contribution in [-0.4, -0.2) is 19.6 Å². The summed E-state index contributed by atoms with van der Waals surface area (Å²) in [6.07, 6.45) is 1.87. The summed E-state index contributed by atoms with van der Waals surface area (Å²) in [6, 6.07) is 70.2. The number of hydrogen-bond acceptors (Lipinski definition) is 4. The van der Waals surface area contributed by atoms with Crippen LogP contribution in [0.2, 0.25) is 0 Å². The smallest absolute Gasteiger partial charge is 0.148 e. The first-order chi connectivity index (χ1) is 30.4. The Hall–Kier alpha value is -7.33. The van der Waals surface area contributed by atoms with Gasteiger partial charge in [-0.25, -0.2) is 4.98 Å². The number of para-hydroxylation sites is 4. The molecule has 11 aromatic rings. The molecule has 0 amide bonds. The molecule has 1 N–H and O–H groups in total. The molecule has 8 aromatic carbocycles. The van der Waals surface area contributed by atoms with E-state index in [-0.39, 0.29) is 32.2 Å². The largest absolute Gasteiger partial charge is 0.507 e. The minimum absolute atomic E-state index is 0. The molecule has 3 aromatic heterocycles. The zero-order chi connectivity index (χ0) is 41.8. The number of nitrogens with zero attached hydrogens (tertiary/aromatic N) is 3. The van der Waals surface area contributed by atoms with E-state index in [1.165, 1.54) is 11.1 Å². The molecule has 0 bridgehead atoms. The standard InChI is InChI=1S/C57H40N3O2.Pt/c1-57(2,41-18-7-4-8-19-41)42-30-28-37(29-31-42)39-32-33-58-48(35-39)40-34-47(54-46-22-11-14-27-52(46)62-53(54)36-40)44-23-15-25-50-55(44)59-56(45-21-10-13-26-51(45)61)60(50)49-24-12-9-20-43(49)38-16-5-3-6-17-38;/h3-33,35-36,61H,1-2H3;/q-1;. The van der Waals surface area contributed by atoms with Gasteiger partial charge in [0.25, 0.3) is 0 Å². The van der Waals surface area contributed by atoms with Crippen molar-refractivity contribution in [3.63, 3.8) is 0 Å². The molecule has 0 aliphatic rings. The summed E-state index contributed by atoms with van der Waals surface area (Å²) in [6.45, 7) is 4.54. The molecule has 5 nitrogen and oxygen atoms in total. The number of rotatable bonds is 8. The molecule has 0 radical (unpaired) electrons. The Morgan fingerprint density at radius 1 is 0.571 bits per heavy atom. The number of pyridine rings is 1. The summed E-state index contributed by atoms with van der Waals surface area (Å²) in [7, 11) is 0. The molecule has 0 saturated carbocycles. The summed E-state index contributed by atoms with van der Waals surface area (Å²) in [4.78, 5) is 10.4. The molecule has 63 heavy (non-hydrogen) atoms. The number of aromatic hydroxyl groups is 1. The molecule has 0 aliphatic carbocycles. The van der Waals surface area contributed by atoms with Crippen molar-refractivity contribution >= 4 is 33.0 Å². The van der Waals surface area contributed by atoms with Gasteiger partial charge < -0.3 is 9.52 Å². The third-order valence-electron chi connectivity index (χ3n) is 12.2. The quantitative estimate of drug-likeness (QED) is 0.154. The number of phenolic OH excluding ortho intramolecular Hbond substituents is 1. The Kier molecular flexibility index (Phi) is 10.2. The molecular formula is C57H40N3O2Pt-.